The van der Waals surface area contributed by atoms with Gasteiger partial charge in [-0.15, -0.1) is 0 Å². The van der Waals surface area contributed by atoms with Crippen molar-refractivity contribution >= 4 is 35.1 Å². The van der Waals surface area contributed by atoms with Crippen molar-refractivity contribution in [3.63, 3.8) is 0 Å². The maximum absolute atomic E-state index is 12.2. The van der Waals surface area contributed by atoms with E-state index in [2.05, 4.69) is 5.32 Å². The summed E-state index contributed by atoms with van der Waals surface area (Å²) in [6, 6.07) is 1.72. The van der Waals surface area contributed by atoms with E-state index >= 15 is 0 Å². The lowest BCUT2D eigenvalue weighted by molar-refractivity contribution is -0.142. The first kappa shape index (κ1) is 17.6. The second-order valence-electron chi connectivity index (χ2n) is 5.58. The molecule has 2 N–H and O–H groups in total. The van der Waals surface area contributed by atoms with Crippen molar-refractivity contribution in [1.29, 1.82) is 0 Å². The Morgan fingerprint density at radius 3 is 2.05 bits per heavy atom. The molecule has 0 unspecified atom stereocenters. The van der Waals surface area contributed by atoms with E-state index in [1.807, 2.05) is 0 Å². The zero-order valence-corrected chi connectivity index (χ0v) is 13.7. The quantitative estimate of drug-likeness (QED) is 0.886. The number of carboxylic acids is 1. The molecule has 1 aromatic rings. The van der Waals surface area contributed by atoms with E-state index in [1.54, 1.807) is 20.8 Å². The smallest absolute Gasteiger partial charge is 0.326 e. The molecule has 0 saturated carbocycles. The fourth-order valence-electron chi connectivity index (χ4n) is 1.75. The summed E-state index contributed by atoms with van der Waals surface area (Å²) < 4.78 is 4.99. The molecule has 0 heterocycles. The predicted octanol–water partition coefficient (Wildman–Crippen LogP) is 3.23. The van der Waals surface area contributed by atoms with Crippen LogP contribution in [0.4, 0.5) is 0 Å². The van der Waals surface area contributed by atoms with Crippen LogP contribution in [0.3, 0.4) is 0 Å². The van der Waals surface area contributed by atoms with Gasteiger partial charge in [-0.3, -0.25) is 4.79 Å². The Hall–Kier alpha value is -1.46. The zero-order chi connectivity index (χ0) is 16.4. The molecule has 0 spiro atoms. The minimum Gasteiger partial charge on any atom is -0.494 e. The van der Waals surface area contributed by atoms with Crippen molar-refractivity contribution in [2.24, 2.45) is 5.41 Å². The molecule has 0 fully saturated rings. The first-order valence-corrected chi connectivity index (χ1v) is 6.90. The number of carboxylic acid groups (broad SMARTS) is 1. The van der Waals surface area contributed by atoms with Crippen molar-refractivity contribution < 1.29 is 19.4 Å². The second-order valence-corrected chi connectivity index (χ2v) is 6.40. The molecule has 1 rings (SSSR count). The highest BCUT2D eigenvalue weighted by Crippen LogP contribution is 2.34. The SMILES string of the molecule is COc1c(Cl)cc(C(=O)N[C@H](C(=O)O)C(C)(C)C)cc1Cl. The first-order valence-electron chi connectivity index (χ1n) is 6.14. The third kappa shape index (κ3) is 4.25. The number of halogens is 2. The normalized spacial score (nSPS) is 12.7. The van der Waals surface area contributed by atoms with E-state index in [0.717, 1.165) is 0 Å². The standard InChI is InChI=1S/C14H17Cl2NO4/c1-14(2,3)11(13(19)20)17-12(18)7-5-8(15)10(21-4)9(16)6-7/h5-6,11H,1-4H3,(H,17,18)(H,19,20)/t11-/m1/s1. The average molecular weight is 334 g/mol. The maximum Gasteiger partial charge on any atom is 0.326 e. The maximum atomic E-state index is 12.2. The lowest BCUT2D eigenvalue weighted by Crippen LogP contribution is -2.49. The number of carbonyl (C=O) groups is 2. The third-order valence-electron chi connectivity index (χ3n) is 2.85. The molecule has 116 valence electrons. The van der Waals surface area contributed by atoms with E-state index < -0.39 is 23.3 Å². The fraction of sp³-hybridized carbons (Fsp3) is 0.429. The molecule has 1 amide bonds. The van der Waals surface area contributed by atoms with Crippen LogP contribution in [-0.2, 0) is 4.79 Å². The van der Waals surface area contributed by atoms with E-state index in [-0.39, 0.29) is 21.4 Å². The molecule has 0 aliphatic rings. The third-order valence-corrected chi connectivity index (χ3v) is 3.41. The van der Waals surface area contributed by atoms with Crippen molar-refractivity contribution in [3.8, 4) is 5.75 Å². The van der Waals surface area contributed by atoms with Gasteiger partial charge in [-0.2, -0.15) is 0 Å². The van der Waals surface area contributed by atoms with Gasteiger partial charge >= 0.3 is 5.97 Å². The Bertz CT molecular complexity index is 544. The highest BCUT2D eigenvalue weighted by Gasteiger charge is 2.33. The van der Waals surface area contributed by atoms with Crippen LogP contribution in [0.5, 0.6) is 5.75 Å². The predicted molar refractivity (Wildman–Crippen MR) is 81.4 cm³/mol. The monoisotopic (exact) mass is 333 g/mol. The van der Waals surface area contributed by atoms with Crippen LogP contribution in [0.25, 0.3) is 0 Å². The molecule has 5 nitrogen and oxygen atoms in total. The van der Waals surface area contributed by atoms with Crippen LogP contribution >= 0.6 is 23.2 Å². The Morgan fingerprint density at radius 2 is 1.71 bits per heavy atom. The summed E-state index contributed by atoms with van der Waals surface area (Å²) in [5, 5.41) is 12.0. The molecule has 7 heteroatoms. The van der Waals surface area contributed by atoms with Crippen molar-refractivity contribution in [2.75, 3.05) is 7.11 Å². The van der Waals surface area contributed by atoms with Crippen LogP contribution in [-0.4, -0.2) is 30.1 Å². The Balaban J connectivity index is 3.07. The minimum absolute atomic E-state index is 0.168. The molecule has 0 aliphatic carbocycles. The molecular formula is C14H17Cl2NO4. The summed E-state index contributed by atoms with van der Waals surface area (Å²) in [5.74, 6) is -1.41. The van der Waals surface area contributed by atoms with Gasteiger partial charge in [0.05, 0.1) is 17.2 Å². The lowest BCUT2D eigenvalue weighted by atomic mass is 9.86. The molecule has 0 aromatic heterocycles. The van der Waals surface area contributed by atoms with Gasteiger partial charge in [0.25, 0.3) is 5.91 Å². The lowest BCUT2D eigenvalue weighted by Gasteiger charge is -2.27. The number of ether oxygens (including phenoxy) is 1. The number of hydrogen-bond acceptors (Lipinski definition) is 3. The average Bonchev–Trinajstić information content (AvgIpc) is 2.33. The topological polar surface area (TPSA) is 75.6 Å². The summed E-state index contributed by atoms with van der Waals surface area (Å²) in [4.78, 5) is 23.4. The molecule has 0 radical (unpaired) electrons. The number of carbonyl (C=O) groups excluding carboxylic acids is 1. The van der Waals surface area contributed by atoms with E-state index in [1.165, 1.54) is 19.2 Å². The van der Waals surface area contributed by atoms with Gasteiger partial charge in [-0.1, -0.05) is 44.0 Å². The Labute approximate surface area is 133 Å². The minimum atomic E-state index is -1.11. The van der Waals surface area contributed by atoms with Crippen LogP contribution in [0, 0.1) is 5.41 Å². The Kier molecular flexibility index (Phi) is 5.48. The largest absolute Gasteiger partial charge is 0.494 e. The van der Waals surface area contributed by atoms with E-state index in [0.29, 0.717) is 0 Å². The molecule has 0 aliphatic heterocycles. The van der Waals surface area contributed by atoms with Gasteiger partial charge in [0.1, 0.15) is 6.04 Å². The second kappa shape index (κ2) is 6.54. The highest BCUT2D eigenvalue weighted by molar-refractivity contribution is 6.37. The summed E-state index contributed by atoms with van der Waals surface area (Å²) in [5.41, 5.74) is -0.469. The van der Waals surface area contributed by atoms with Crippen LogP contribution in [0.15, 0.2) is 12.1 Å². The number of rotatable bonds is 4. The number of benzene rings is 1. The summed E-state index contributed by atoms with van der Waals surface area (Å²) >= 11 is 11.9. The van der Waals surface area contributed by atoms with Crippen LogP contribution in [0.2, 0.25) is 10.0 Å². The molecule has 0 saturated heterocycles. The van der Waals surface area contributed by atoms with Crippen molar-refractivity contribution in [1.82, 2.24) is 5.32 Å². The summed E-state index contributed by atoms with van der Waals surface area (Å²) in [7, 11) is 1.41. The van der Waals surface area contributed by atoms with Gasteiger partial charge < -0.3 is 15.2 Å². The molecule has 1 aromatic carbocycles. The first-order chi connectivity index (χ1) is 9.57. The molecule has 0 bridgehead atoms. The number of hydrogen-bond donors (Lipinski definition) is 2. The van der Waals surface area contributed by atoms with Crippen LogP contribution < -0.4 is 10.1 Å². The fourth-order valence-corrected chi connectivity index (χ4v) is 2.39. The van der Waals surface area contributed by atoms with Gasteiger partial charge in [0, 0.05) is 5.56 Å². The molecule has 1 atom stereocenters. The number of amides is 1. The van der Waals surface area contributed by atoms with Gasteiger partial charge in [0.15, 0.2) is 5.75 Å². The molecular weight excluding hydrogens is 317 g/mol. The highest BCUT2D eigenvalue weighted by atomic mass is 35.5. The number of nitrogens with one attached hydrogen (secondary N) is 1. The summed E-state index contributed by atoms with van der Waals surface area (Å²) in [6.07, 6.45) is 0. The van der Waals surface area contributed by atoms with Gasteiger partial charge in [0.2, 0.25) is 0 Å². The number of aliphatic carboxylic acids is 1. The van der Waals surface area contributed by atoms with Crippen molar-refractivity contribution in [3.05, 3.63) is 27.7 Å². The van der Waals surface area contributed by atoms with Crippen LogP contribution in [0.1, 0.15) is 31.1 Å². The summed E-state index contributed by atoms with van der Waals surface area (Å²) in [6.45, 7) is 5.17. The molecule has 21 heavy (non-hydrogen) atoms. The van der Waals surface area contributed by atoms with E-state index in [9.17, 15) is 14.7 Å². The van der Waals surface area contributed by atoms with E-state index in [4.69, 9.17) is 27.9 Å². The zero-order valence-electron chi connectivity index (χ0n) is 12.2. The van der Waals surface area contributed by atoms with Gasteiger partial charge in [-0.25, -0.2) is 4.79 Å². The van der Waals surface area contributed by atoms with Gasteiger partial charge in [-0.05, 0) is 17.5 Å². The Morgan fingerprint density at radius 1 is 1.24 bits per heavy atom. The van der Waals surface area contributed by atoms with Crippen molar-refractivity contribution in [2.45, 2.75) is 26.8 Å². The number of methoxy groups -OCH3 is 1.